The van der Waals surface area contributed by atoms with Gasteiger partial charge in [-0.05, 0) is 36.2 Å². The van der Waals surface area contributed by atoms with Gasteiger partial charge in [-0.3, -0.25) is 4.79 Å². The molecule has 0 unspecified atom stereocenters. The van der Waals surface area contributed by atoms with Crippen LogP contribution in [0.3, 0.4) is 0 Å². The number of unbranched alkanes of at least 4 members (excludes halogenated alkanes) is 1. The van der Waals surface area contributed by atoms with Crippen molar-refractivity contribution in [2.24, 2.45) is 0 Å². The van der Waals surface area contributed by atoms with E-state index in [2.05, 4.69) is 22.5 Å². The van der Waals surface area contributed by atoms with E-state index in [4.69, 9.17) is 4.74 Å². The molecule has 0 spiro atoms. The summed E-state index contributed by atoms with van der Waals surface area (Å²) in [4.78, 5) is 16.0. The number of carbonyl (C=O) groups excluding carboxylic acids is 1. The summed E-state index contributed by atoms with van der Waals surface area (Å²) < 4.78 is 5.13. The normalized spacial score (nSPS) is 10.2. The van der Waals surface area contributed by atoms with Crippen LogP contribution >= 0.6 is 0 Å². The van der Waals surface area contributed by atoms with Gasteiger partial charge < -0.3 is 15.4 Å². The number of aromatic nitrogens is 1. The van der Waals surface area contributed by atoms with Crippen LogP contribution in [0, 0.1) is 0 Å². The second-order valence-electron chi connectivity index (χ2n) is 5.29. The topological polar surface area (TPSA) is 63.2 Å². The van der Waals surface area contributed by atoms with Crippen molar-refractivity contribution >= 4 is 17.4 Å². The summed E-state index contributed by atoms with van der Waals surface area (Å²) in [5, 5.41) is 6.10. The summed E-state index contributed by atoms with van der Waals surface area (Å²) >= 11 is 0. The third-order valence-electron chi connectivity index (χ3n) is 3.44. The Kier molecular flexibility index (Phi) is 6.41. The highest BCUT2D eigenvalue weighted by molar-refractivity contribution is 5.90. The molecule has 0 atom stereocenters. The molecular weight excluding hydrogens is 290 g/mol. The van der Waals surface area contributed by atoms with Crippen LogP contribution < -0.4 is 15.4 Å². The molecule has 0 aliphatic carbocycles. The minimum absolute atomic E-state index is 0.0348. The van der Waals surface area contributed by atoms with Crippen LogP contribution in [0.5, 0.6) is 5.75 Å². The van der Waals surface area contributed by atoms with E-state index in [-0.39, 0.29) is 5.91 Å². The number of carbonyl (C=O) groups is 1. The summed E-state index contributed by atoms with van der Waals surface area (Å²) in [6.45, 7) is 2.75. The molecule has 2 aromatic rings. The largest absolute Gasteiger partial charge is 0.497 e. The van der Waals surface area contributed by atoms with E-state index in [1.54, 1.807) is 13.3 Å². The highest BCUT2D eigenvalue weighted by Crippen LogP contribution is 2.14. The zero-order chi connectivity index (χ0) is 16.5. The highest BCUT2D eigenvalue weighted by Gasteiger charge is 2.02. The summed E-state index contributed by atoms with van der Waals surface area (Å²) in [6, 6.07) is 11.6. The van der Waals surface area contributed by atoms with E-state index in [1.807, 2.05) is 36.4 Å². The zero-order valence-corrected chi connectivity index (χ0v) is 13.6. The molecule has 0 saturated carbocycles. The molecule has 2 N–H and O–H groups in total. The van der Waals surface area contributed by atoms with E-state index in [0.29, 0.717) is 13.0 Å². The van der Waals surface area contributed by atoms with Gasteiger partial charge in [-0.1, -0.05) is 25.5 Å². The Morgan fingerprint density at radius 2 is 1.96 bits per heavy atom. The molecule has 23 heavy (non-hydrogen) atoms. The Morgan fingerprint density at radius 1 is 1.17 bits per heavy atom. The second-order valence-corrected chi connectivity index (χ2v) is 5.29. The van der Waals surface area contributed by atoms with Crippen molar-refractivity contribution in [3.63, 3.8) is 0 Å². The fourth-order valence-corrected chi connectivity index (χ4v) is 2.07. The van der Waals surface area contributed by atoms with Crippen molar-refractivity contribution in [2.45, 2.75) is 32.7 Å². The summed E-state index contributed by atoms with van der Waals surface area (Å²) in [6.07, 6.45) is 4.13. The van der Waals surface area contributed by atoms with E-state index in [1.165, 1.54) is 0 Å². The Balaban J connectivity index is 1.83. The average Bonchev–Trinajstić information content (AvgIpc) is 2.60. The standard InChI is InChI=1S/C18H23N3O2/c1-3-4-5-18(22)21-15-8-11-17(20-13-15)19-12-14-6-9-16(23-2)10-7-14/h6-11,13H,3-5,12H2,1-2H3,(H,19,20)(H,21,22). The summed E-state index contributed by atoms with van der Waals surface area (Å²) in [5.74, 6) is 1.65. The SMILES string of the molecule is CCCCC(=O)Nc1ccc(NCc2ccc(OC)cc2)nc1. The fraction of sp³-hybridized carbons (Fsp3) is 0.333. The highest BCUT2D eigenvalue weighted by atomic mass is 16.5. The molecule has 0 fully saturated rings. The van der Waals surface area contributed by atoms with Gasteiger partial charge in [-0.2, -0.15) is 0 Å². The number of hydrogen-bond acceptors (Lipinski definition) is 4. The first kappa shape index (κ1) is 16.8. The van der Waals surface area contributed by atoms with Crippen LogP contribution in [0.1, 0.15) is 31.7 Å². The number of anilines is 2. The first-order chi connectivity index (χ1) is 11.2. The molecule has 5 nitrogen and oxygen atoms in total. The van der Waals surface area contributed by atoms with Gasteiger partial charge in [0.2, 0.25) is 5.91 Å². The second kappa shape index (κ2) is 8.78. The summed E-state index contributed by atoms with van der Waals surface area (Å²) in [5.41, 5.74) is 1.87. The minimum Gasteiger partial charge on any atom is -0.497 e. The Hall–Kier alpha value is -2.56. The number of methoxy groups -OCH3 is 1. The van der Waals surface area contributed by atoms with Gasteiger partial charge >= 0.3 is 0 Å². The number of nitrogens with zero attached hydrogens (tertiary/aromatic N) is 1. The van der Waals surface area contributed by atoms with E-state index < -0.39 is 0 Å². The zero-order valence-electron chi connectivity index (χ0n) is 13.6. The Labute approximate surface area is 137 Å². The molecule has 5 heteroatoms. The minimum atomic E-state index is 0.0348. The van der Waals surface area contributed by atoms with E-state index in [0.717, 1.165) is 35.7 Å². The molecule has 1 aromatic carbocycles. The smallest absolute Gasteiger partial charge is 0.224 e. The molecule has 1 aromatic heterocycles. The lowest BCUT2D eigenvalue weighted by Gasteiger charge is -2.08. The molecule has 0 aliphatic heterocycles. The third-order valence-corrected chi connectivity index (χ3v) is 3.44. The van der Waals surface area contributed by atoms with Gasteiger partial charge in [0.1, 0.15) is 11.6 Å². The molecule has 2 rings (SSSR count). The van der Waals surface area contributed by atoms with Crippen molar-refractivity contribution in [3.8, 4) is 5.75 Å². The van der Waals surface area contributed by atoms with Crippen molar-refractivity contribution in [1.29, 1.82) is 0 Å². The van der Waals surface area contributed by atoms with Crippen LogP contribution in [0.4, 0.5) is 11.5 Å². The number of ether oxygens (including phenoxy) is 1. The molecule has 1 heterocycles. The summed E-state index contributed by atoms with van der Waals surface area (Å²) in [7, 11) is 1.65. The maximum atomic E-state index is 11.7. The molecule has 0 bridgehead atoms. The molecule has 122 valence electrons. The molecule has 0 radical (unpaired) electrons. The van der Waals surface area contributed by atoms with Crippen molar-refractivity contribution < 1.29 is 9.53 Å². The van der Waals surface area contributed by atoms with Crippen molar-refractivity contribution in [3.05, 3.63) is 48.2 Å². The number of amides is 1. The van der Waals surface area contributed by atoms with Crippen LogP contribution in [0.25, 0.3) is 0 Å². The van der Waals surface area contributed by atoms with E-state index >= 15 is 0 Å². The number of pyridine rings is 1. The van der Waals surface area contributed by atoms with Gasteiger partial charge in [0.15, 0.2) is 0 Å². The average molecular weight is 313 g/mol. The maximum absolute atomic E-state index is 11.7. The van der Waals surface area contributed by atoms with Gasteiger partial charge in [-0.25, -0.2) is 4.98 Å². The monoisotopic (exact) mass is 313 g/mol. The number of hydrogen-bond donors (Lipinski definition) is 2. The third kappa shape index (κ3) is 5.62. The van der Waals surface area contributed by atoms with Crippen LogP contribution in [-0.2, 0) is 11.3 Å². The predicted octanol–water partition coefficient (Wildman–Crippen LogP) is 3.83. The lowest BCUT2D eigenvalue weighted by atomic mass is 10.2. The van der Waals surface area contributed by atoms with Gasteiger partial charge in [-0.15, -0.1) is 0 Å². The lowest BCUT2D eigenvalue weighted by molar-refractivity contribution is -0.116. The fourth-order valence-electron chi connectivity index (χ4n) is 2.07. The van der Waals surface area contributed by atoms with Gasteiger partial charge in [0, 0.05) is 13.0 Å². The molecular formula is C18H23N3O2. The number of benzene rings is 1. The van der Waals surface area contributed by atoms with Gasteiger partial charge in [0.25, 0.3) is 0 Å². The number of rotatable bonds is 8. The first-order valence-corrected chi connectivity index (χ1v) is 7.84. The quantitative estimate of drug-likeness (QED) is 0.777. The van der Waals surface area contributed by atoms with Crippen molar-refractivity contribution in [1.82, 2.24) is 4.98 Å². The van der Waals surface area contributed by atoms with Crippen LogP contribution in [0.2, 0.25) is 0 Å². The van der Waals surface area contributed by atoms with Crippen molar-refractivity contribution in [2.75, 3.05) is 17.7 Å². The molecule has 0 saturated heterocycles. The predicted molar refractivity (Wildman–Crippen MR) is 92.7 cm³/mol. The van der Waals surface area contributed by atoms with E-state index in [9.17, 15) is 4.79 Å². The molecule has 0 aliphatic rings. The number of nitrogens with one attached hydrogen (secondary N) is 2. The van der Waals surface area contributed by atoms with Crippen LogP contribution in [0.15, 0.2) is 42.6 Å². The first-order valence-electron chi connectivity index (χ1n) is 7.84. The lowest BCUT2D eigenvalue weighted by Crippen LogP contribution is -2.11. The van der Waals surface area contributed by atoms with Crippen LogP contribution in [-0.4, -0.2) is 18.0 Å². The maximum Gasteiger partial charge on any atom is 0.224 e. The Morgan fingerprint density at radius 3 is 2.57 bits per heavy atom. The Bertz CT molecular complexity index is 609. The molecule has 1 amide bonds. The van der Waals surface area contributed by atoms with Gasteiger partial charge in [0.05, 0.1) is 19.0 Å².